The first kappa shape index (κ1) is 11.4. The lowest BCUT2D eigenvalue weighted by atomic mass is 10.2. The van der Waals surface area contributed by atoms with Crippen molar-refractivity contribution in [3.8, 4) is 0 Å². The Morgan fingerprint density at radius 3 is 3.07 bits per heavy atom. The molecule has 2 aliphatic heterocycles. The lowest BCUT2D eigenvalue weighted by Crippen LogP contribution is -2.35. The Morgan fingerprint density at radius 2 is 2.33 bits per heavy atom. The maximum absolute atomic E-state index is 5.67. The fraction of sp³-hybridized carbons (Fsp3) is 1.00. The predicted molar refractivity (Wildman–Crippen MR) is 62.1 cm³/mol. The van der Waals surface area contributed by atoms with Gasteiger partial charge in [-0.3, -0.25) is 4.90 Å². The fourth-order valence-electron chi connectivity index (χ4n) is 2.59. The summed E-state index contributed by atoms with van der Waals surface area (Å²) in [7, 11) is 0. The van der Waals surface area contributed by atoms with Gasteiger partial charge in [0.05, 0.1) is 6.10 Å². The molecule has 15 heavy (non-hydrogen) atoms. The maximum atomic E-state index is 5.67. The van der Waals surface area contributed by atoms with E-state index in [0.29, 0.717) is 6.10 Å². The van der Waals surface area contributed by atoms with Crippen molar-refractivity contribution in [1.82, 2.24) is 10.2 Å². The zero-order valence-corrected chi connectivity index (χ0v) is 9.87. The highest BCUT2D eigenvalue weighted by Gasteiger charge is 2.25. The van der Waals surface area contributed by atoms with Crippen molar-refractivity contribution in [3.63, 3.8) is 0 Å². The molecule has 0 aliphatic carbocycles. The maximum Gasteiger partial charge on any atom is 0.0702 e. The molecule has 1 N–H and O–H groups in total. The number of likely N-dealkylation sites (tertiary alicyclic amines) is 1. The van der Waals surface area contributed by atoms with Gasteiger partial charge in [-0.15, -0.1) is 0 Å². The number of nitrogens with one attached hydrogen (secondary N) is 1. The van der Waals surface area contributed by atoms with Gasteiger partial charge >= 0.3 is 0 Å². The van der Waals surface area contributed by atoms with E-state index in [9.17, 15) is 0 Å². The standard InChI is InChI=1S/C12H24N2O/c1-2-6-13-11-5-7-14(9-11)10-12-4-3-8-15-12/h11-13H,2-10H2,1H3. The summed E-state index contributed by atoms with van der Waals surface area (Å²) < 4.78 is 5.67. The Labute approximate surface area is 93.2 Å². The van der Waals surface area contributed by atoms with Crippen molar-refractivity contribution in [2.45, 2.75) is 44.8 Å². The first-order valence-corrected chi connectivity index (χ1v) is 6.46. The molecule has 2 fully saturated rings. The third-order valence-electron chi connectivity index (χ3n) is 3.44. The van der Waals surface area contributed by atoms with Gasteiger partial charge in [-0.2, -0.15) is 0 Å². The second-order valence-electron chi connectivity index (χ2n) is 4.83. The molecule has 0 saturated carbocycles. The van der Waals surface area contributed by atoms with Crippen LogP contribution in [0, 0.1) is 0 Å². The van der Waals surface area contributed by atoms with E-state index in [0.717, 1.165) is 19.2 Å². The van der Waals surface area contributed by atoms with Gasteiger partial charge in [0.15, 0.2) is 0 Å². The Morgan fingerprint density at radius 1 is 1.40 bits per heavy atom. The summed E-state index contributed by atoms with van der Waals surface area (Å²) >= 11 is 0. The Hall–Kier alpha value is -0.120. The quantitative estimate of drug-likeness (QED) is 0.742. The molecule has 3 heteroatoms. The monoisotopic (exact) mass is 212 g/mol. The molecule has 3 nitrogen and oxygen atoms in total. The van der Waals surface area contributed by atoms with Crippen LogP contribution in [-0.4, -0.2) is 49.8 Å². The fourth-order valence-corrected chi connectivity index (χ4v) is 2.59. The highest BCUT2D eigenvalue weighted by molar-refractivity contribution is 4.83. The minimum absolute atomic E-state index is 0.523. The summed E-state index contributed by atoms with van der Waals surface area (Å²) in [4.78, 5) is 2.56. The largest absolute Gasteiger partial charge is 0.377 e. The van der Waals surface area contributed by atoms with E-state index in [4.69, 9.17) is 4.74 Å². The van der Waals surface area contributed by atoms with E-state index in [2.05, 4.69) is 17.1 Å². The van der Waals surface area contributed by atoms with E-state index in [1.165, 1.54) is 45.3 Å². The normalized spacial score (nSPS) is 32.6. The minimum Gasteiger partial charge on any atom is -0.377 e. The van der Waals surface area contributed by atoms with Crippen LogP contribution >= 0.6 is 0 Å². The van der Waals surface area contributed by atoms with Crippen LogP contribution in [0.1, 0.15) is 32.6 Å². The van der Waals surface area contributed by atoms with Crippen molar-refractivity contribution >= 4 is 0 Å². The van der Waals surface area contributed by atoms with Crippen LogP contribution in [0.25, 0.3) is 0 Å². The minimum atomic E-state index is 0.523. The van der Waals surface area contributed by atoms with Crippen molar-refractivity contribution in [2.24, 2.45) is 0 Å². The average Bonchev–Trinajstić information content (AvgIpc) is 2.87. The van der Waals surface area contributed by atoms with Gasteiger partial charge in [0.1, 0.15) is 0 Å². The van der Waals surface area contributed by atoms with Gasteiger partial charge in [-0.25, -0.2) is 0 Å². The molecular formula is C12H24N2O. The smallest absolute Gasteiger partial charge is 0.0702 e. The van der Waals surface area contributed by atoms with Crippen molar-refractivity contribution in [1.29, 1.82) is 0 Å². The molecule has 2 aliphatic rings. The molecule has 2 saturated heterocycles. The predicted octanol–water partition coefficient (Wildman–Crippen LogP) is 1.24. The summed E-state index contributed by atoms with van der Waals surface area (Å²) in [5.74, 6) is 0. The van der Waals surface area contributed by atoms with E-state index in [1.54, 1.807) is 0 Å². The molecule has 0 aromatic carbocycles. The van der Waals surface area contributed by atoms with Crippen LogP contribution in [0.15, 0.2) is 0 Å². The SMILES string of the molecule is CCCNC1CCN(CC2CCCO2)C1. The van der Waals surface area contributed by atoms with Crippen LogP contribution in [0.2, 0.25) is 0 Å². The second kappa shape index (κ2) is 5.83. The zero-order valence-electron chi connectivity index (χ0n) is 9.87. The molecule has 0 spiro atoms. The Bertz CT molecular complexity index is 180. The number of hydrogen-bond donors (Lipinski definition) is 1. The third kappa shape index (κ3) is 3.44. The van der Waals surface area contributed by atoms with E-state index in [-0.39, 0.29) is 0 Å². The summed E-state index contributed by atoms with van der Waals surface area (Å²) in [6, 6.07) is 0.728. The highest BCUT2D eigenvalue weighted by Crippen LogP contribution is 2.16. The molecule has 2 atom stereocenters. The second-order valence-corrected chi connectivity index (χ2v) is 4.83. The van der Waals surface area contributed by atoms with Gasteiger partial charge in [-0.1, -0.05) is 6.92 Å². The lowest BCUT2D eigenvalue weighted by Gasteiger charge is -2.20. The van der Waals surface area contributed by atoms with Crippen molar-refractivity contribution in [3.05, 3.63) is 0 Å². The molecule has 0 amide bonds. The van der Waals surface area contributed by atoms with Crippen LogP contribution in [0.3, 0.4) is 0 Å². The van der Waals surface area contributed by atoms with E-state index < -0.39 is 0 Å². The number of rotatable bonds is 5. The van der Waals surface area contributed by atoms with E-state index in [1.807, 2.05) is 0 Å². The van der Waals surface area contributed by atoms with Crippen LogP contribution < -0.4 is 5.32 Å². The molecule has 0 aromatic rings. The van der Waals surface area contributed by atoms with Gasteiger partial charge in [0.25, 0.3) is 0 Å². The average molecular weight is 212 g/mol. The lowest BCUT2D eigenvalue weighted by molar-refractivity contribution is 0.0801. The molecule has 0 radical (unpaired) electrons. The van der Waals surface area contributed by atoms with Crippen molar-refractivity contribution in [2.75, 3.05) is 32.8 Å². The summed E-state index contributed by atoms with van der Waals surface area (Å²) in [5.41, 5.74) is 0. The number of ether oxygens (including phenoxy) is 1. The van der Waals surface area contributed by atoms with E-state index >= 15 is 0 Å². The van der Waals surface area contributed by atoms with Gasteiger partial charge in [0.2, 0.25) is 0 Å². The molecule has 2 rings (SSSR count). The summed E-state index contributed by atoms with van der Waals surface area (Å²) in [6.07, 6.45) is 5.60. The van der Waals surface area contributed by atoms with Crippen LogP contribution in [-0.2, 0) is 4.74 Å². The van der Waals surface area contributed by atoms with Crippen LogP contribution in [0.5, 0.6) is 0 Å². The molecule has 2 heterocycles. The van der Waals surface area contributed by atoms with Gasteiger partial charge < -0.3 is 10.1 Å². The molecule has 2 unspecified atom stereocenters. The Kier molecular flexibility index (Phi) is 4.42. The molecular weight excluding hydrogens is 188 g/mol. The topological polar surface area (TPSA) is 24.5 Å². The molecule has 0 aromatic heterocycles. The summed E-state index contributed by atoms with van der Waals surface area (Å²) in [6.45, 7) is 8.01. The zero-order chi connectivity index (χ0) is 10.5. The Balaban J connectivity index is 1.63. The molecule has 88 valence electrons. The third-order valence-corrected chi connectivity index (χ3v) is 3.44. The first-order chi connectivity index (χ1) is 7.38. The number of nitrogens with zero attached hydrogens (tertiary/aromatic N) is 1. The summed E-state index contributed by atoms with van der Waals surface area (Å²) in [5, 5.41) is 3.60. The molecule has 0 bridgehead atoms. The van der Waals surface area contributed by atoms with Gasteiger partial charge in [-0.05, 0) is 38.8 Å². The van der Waals surface area contributed by atoms with Crippen LogP contribution in [0.4, 0.5) is 0 Å². The first-order valence-electron chi connectivity index (χ1n) is 6.46. The van der Waals surface area contributed by atoms with Crippen molar-refractivity contribution < 1.29 is 4.74 Å². The highest BCUT2D eigenvalue weighted by atomic mass is 16.5. The van der Waals surface area contributed by atoms with Gasteiger partial charge in [0, 0.05) is 25.7 Å². The number of hydrogen-bond acceptors (Lipinski definition) is 3.